The summed E-state index contributed by atoms with van der Waals surface area (Å²) in [4.78, 5) is 13.4. The summed E-state index contributed by atoms with van der Waals surface area (Å²) >= 11 is 0. The summed E-state index contributed by atoms with van der Waals surface area (Å²) in [6.45, 7) is -0.633. The summed E-state index contributed by atoms with van der Waals surface area (Å²) in [5.41, 5.74) is -0.973. The molecule has 3 aliphatic heterocycles. The normalized spacial score (nSPS) is 36.4. The van der Waals surface area contributed by atoms with E-state index in [0.29, 0.717) is 5.56 Å². The van der Waals surface area contributed by atoms with Gasteiger partial charge in [-0.05, 0) is 35.9 Å². The fraction of sp³-hybridized carbons (Fsp3) is 0.435. The van der Waals surface area contributed by atoms with Crippen LogP contribution in [0.2, 0.25) is 0 Å². The molecule has 2 aromatic carbocycles. The first-order valence-electron chi connectivity index (χ1n) is 10.8. The molecule has 12 nitrogen and oxygen atoms in total. The minimum atomic E-state index is -1.56. The minimum Gasteiger partial charge on any atom is -0.504 e. The summed E-state index contributed by atoms with van der Waals surface area (Å²) in [5, 5.41) is 69.6. The number of phenolic OH excluding ortho intramolecular Hbond substituents is 4. The summed E-state index contributed by atoms with van der Waals surface area (Å²) in [7, 11) is 0. The molecule has 5 rings (SSSR count). The standard InChI is InChI=1S/C23H24O12/c24-8-16-18(30)19(31)20-21(33-16)32-15(17(29)9-1-3-11(25)13(27)5-9)7-23(22(34-20)35-23)10-2-4-12(26)14(28)6-10/h1-6,15-16,18-22,24-28,30-31H,7-8H2/t15-,16-,18-,19+,20-,21-,22-,23+/m1/s1. The Morgan fingerprint density at radius 2 is 1.57 bits per heavy atom. The number of hydrogen-bond donors (Lipinski definition) is 7. The highest BCUT2D eigenvalue weighted by atomic mass is 16.8. The lowest BCUT2D eigenvalue weighted by molar-refractivity contribution is -0.324. The molecule has 0 saturated carbocycles. The van der Waals surface area contributed by atoms with Gasteiger partial charge in [0.05, 0.1) is 6.61 Å². The summed E-state index contributed by atoms with van der Waals surface area (Å²) < 4.78 is 23.2. The lowest BCUT2D eigenvalue weighted by Crippen LogP contribution is -2.62. The molecular weight excluding hydrogens is 468 g/mol. The highest BCUT2D eigenvalue weighted by molar-refractivity contribution is 6.00. The van der Waals surface area contributed by atoms with Crippen molar-refractivity contribution < 1.29 is 59.5 Å². The van der Waals surface area contributed by atoms with E-state index >= 15 is 0 Å². The molecule has 8 atom stereocenters. The van der Waals surface area contributed by atoms with Crippen LogP contribution in [0.5, 0.6) is 23.0 Å². The zero-order valence-electron chi connectivity index (χ0n) is 18.1. The van der Waals surface area contributed by atoms with Crippen molar-refractivity contribution in [2.24, 2.45) is 0 Å². The van der Waals surface area contributed by atoms with Crippen molar-refractivity contribution in [2.75, 3.05) is 6.61 Å². The van der Waals surface area contributed by atoms with Gasteiger partial charge in [0.1, 0.15) is 30.5 Å². The SMILES string of the molecule is O=C(c1ccc(O)c(O)c1)[C@H]1C[C@@]2(c3ccc(O)c(O)c3)O[C@H]2O[C@H]2[C@H](O1)O[C@H](CO)[C@@H](O)[C@@H]2O. The molecule has 35 heavy (non-hydrogen) atoms. The Hall–Kier alpha value is -2.97. The zero-order valence-corrected chi connectivity index (χ0v) is 18.1. The lowest BCUT2D eigenvalue weighted by Gasteiger charge is -2.43. The molecule has 3 heterocycles. The molecule has 0 amide bonds. The van der Waals surface area contributed by atoms with Crippen molar-refractivity contribution in [2.45, 2.75) is 55.1 Å². The molecule has 7 N–H and O–H groups in total. The van der Waals surface area contributed by atoms with E-state index in [1.165, 1.54) is 24.3 Å². The van der Waals surface area contributed by atoms with E-state index in [-0.39, 0.29) is 17.7 Å². The van der Waals surface area contributed by atoms with Gasteiger partial charge >= 0.3 is 0 Å². The summed E-state index contributed by atoms with van der Waals surface area (Å²) in [5.74, 6) is -2.36. The fourth-order valence-corrected chi connectivity index (χ4v) is 4.50. The number of ether oxygens (including phenoxy) is 4. The van der Waals surface area contributed by atoms with E-state index in [1.54, 1.807) is 0 Å². The smallest absolute Gasteiger partial charge is 0.193 e. The van der Waals surface area contributed by atoms with Crippen LogP contribution < -0.4 is 0 Å². The van der Waals surface area contributed by atoms with Crippen LogP contribution in [-0.2, 0) is 24.5 Å². The average molecular weight is 492 g/mol. The first-order chi connectivity index (χ1) is 16.6. The van der Waals surface area contributed by atoms with Gasteiger partial charge < -0.3 is 54.7 Å². The van der Waals surface area contributed by atoms with Crippen molar-refractivity contribution in [3.8, 4) is 23.0 Å². The predicted octanol–water partition coefficient (Wildman–Crippen LogP) is -0.443. The van der Waals surface area contributed by atoms with E-state index in [1.807, 2.05) is 0 Å². The molecule has 0 spiro atoms. The Morgan fingerprint density at radius 1 is 0.886 bits per heavy atom. The number of fused-ring (bicyclic) bond motifs is 2. The lowest BCUT2D eigenvalue weighted by atomic mass is 9.88. The number of aromatic hydroxyl groups is 4. The topological polar surface area (TPSA) is 199 Å². The quantitative estimate of drug-likeness (QED) is 0.165. The Bertz CT molecular complexity index is 1140. The summed E-state index contributed by atoms with van der Waals surface area (Å²) in [6.07, 6.45) is -9.47. The van der Waals surface area contributed by atoms with Gasteiger partial charge in [-0.25, -0.2) is 0 Å². The van der Waals surface area contributed by atoms with Crippen molar-refractivity contribution >= 4 is 5.78 Å². The van der Waals surface area contributed by atoms with Crippen molar-refractivity contribution in [1.82, 2.24) is 0 Å². The highest BCUT2D eigenvalue weighted by Crippen LogP contribution is 2.54. The first kappa shape index (κ1) is 23.8. The molecule has 3 saturated heterocycles. The number of aliphatic hydroxyl groups is 3. The maximum Gasteiger partial charge on any atom is 0.193 e. The molecule has 3 fully saturated rings. The van der Waals surface area contributed by atoms with Crippen molar-refractivity contribution in [3.05, 3.63) is 47.5 Å². The number of rotatable bonds is 4. The molecule has 188 valence electrons. The molecular formula is C23H24O12. The van der Waals surface area contributed by atoms with Gasteiger partial charge in [0.15, 0.2) is 47.0 Å². The number of carbonyl (C=O) groups excluding carboxylic acids is 1. The Morgan fingerprint density at radius 3 is 2.23 bits per heavy atom. The zero-order chi connectivity index (χ0) is 25.1. The van der Waals surface area contributed by atoms with Gasteiger partial charge in [-0.1, -0.05) is 6.07 Å². The predicted molar refractivity (Wildman–Crippen MR) is 113 cm³/mol. The number of benzene rings is 2. The van der Waals surface area contributed by atoms with Gasteiger partial charge in [0, 0.05) is 12.0 Å². The molecule has 0 bridgehead atoms. The average Bonchev–Trinajstić information content (AvgIpc) is 3.51. The molecule has 0 aliphatic carbocycles. The molecule has 12 heteroatoms. The van der Waals surface area contributed by atoms with Crippen LogP contribution in [0.3, 0.4) is 0 Å². The van der Waals surface area contributed by atoms with E-state index in [2.05, 4.69) is 0 Å². The maximum absolute atomic E-state index is 13.4. The molecule has 0 aromatic heterocycles. The third kappa shape index (κ3) is 3.98. The number of hydrogen-bond acceptors (Lipinski definition) is 12. The van der Waals surface area contributed by atoms with Crippen LogP contribution in [0.4, 0.5) is 0 Å². The van der Waals surface area contributed by atoms with Crippen LogP contribution in [-0.4, -0.2) is 91.2 Å². The van der Waals surface area contributed by atoms with Crippen LogP contribution in [0.15, 0.2) is 36.4 Å². The number of aliphatic hydroxyl groups excluding tert-OH is 3. The number of phenols is 4. The second kappa shape index (κ2) is 8.60. The number of Topliss-reactive ketones (excluding diaryl/α,β-unsaturated/α-hetero) is 1. The highest BCUT2D eigenvalue weighted by Gasteiger charge is 2.65. The van der Waals surface area contributed by atoms with Gasteiger partial charge in [-0.15, -0.1) is 0 Å². The number of carbonyl (C=O) groups is 1. The number of ketones is 1. The molecule has 0 unspecified atom stereocenters. The van der Waals surface area contributed by atoms with Crippen LogP contribution in [0.25, 0.3) is 0 Å². The number of epoxide rings is 1. The van der Waals surface area contributed by atoms with Gasteiger partial charge in [-0.2, -0.15) is 0 Å². The molecule has 0 radical (unpaired) electrons. The van der Waals surface area contributed by atoms with Gasteiger partial charge in [0.25, 0.3) is 0 Å². The van der Waals surface area contributed by atoms with E-state index in [4.69, 9.17) is 18.9 Å². The largest absolute Gasteiger partial charge is 0.504 e. The van der Waals surface area contributed by atoms with E-state index in [0.717, 1.165) is 12.1 Å². The third-order valence-electron chi connectivity index (χ3n) is 6.55. The Labute approximate surface area is 198 Å². The van der Waals surface area contributed by atoms with Crippen molar-refractivity contribution in [3.63, 3.8) is 0 Å². The van der Waals surface area contributed by atoms with E-state index in [9.17, 15) is 40.5 Å². The molecule has 3 aliphatic rings. The fourth-order valence-electron chi connectivity index (χ4n) is 4.50. The van der Waals surface area contributed by atoms with Crippen LogP contribution in [0.1, 0.15) is 22.3 Å². The third-order valence-corrected chi connectivity index (χ3v) is 6.55. The van der Waals surface area contributed by atoms with Crippen LogP contribution >= 0.6 is 0 Å². The van der Waals surface area contributed by atoms with E-state index < -0.39 is 78.3 Å². The van der Waals surface area contributed by atoms with Gasteiger partial charge in [0.2, 0.25) is 0 Å². The second-order valence-corrected chi connectivity index (χ2v) is 8.75. The second-order valence-electron chi connectivity index (χ2n) is 8.75. The Balaban J connectivity index is 1.54. The van der Waals surface area contributed by atoms with Crippen LogP contribution in [0, 0.1) is 0 Å². The minimum absolute atomic E-state index is 0.000606. The first-order valence-corrected chi connectivity index (χ1v) is 10.8. The Kier molecular flexibility index (Phi) is 5.84. The molecule has 2 aromatic rings. The van der Waals surface area contributed by atoms with Crippen molar-refractivity contribution in [1.29, 1.82) is 0 Å². The summed E-state index contributed by atoms with van der Waals surface area (Å²) in [6, 6.07) is 7.44. The van der Waals surface area contributed by atoms with Gasteiger partial charge in [-0.3, -0.25) is 4.79 Å². The monoisotopic (exact) mass is 492 g/mol. The maximum atomic E-state index is 13.4.